The van der Waals surface area contributed by atoms with Crippen molar-refractivity contribution in [2.24, 2.45) is 11.3 Å². The second-order valence-electron chi connectivity index (χ2n) is 7.38. The Morgan fingerprint density at radius 2 is 1.74 bits per heavy atom. The first-order valence-corrected chi connectivity index (χ1v) is 8.43. The SMILES string of the molecule is CCCNC(CCC)CN1CCC(C(C)(C)C)CC1. The summed E-state index contributed by atoms with van der Waals surface area (Å²) in [6, 6.07) is 0.705. The largest absolute Gasteiger partial charge is 0.313 e. The Bertz CT molecular complexity index is 224. The Hall–Kier alpha value is -0.0800. The molecule has 1 aliphatic rings. The van der Waals surface area contributed by atoms with E-state index in [2.05, 4.69) is 44.8 Å². The summed E-state index contributed by atoms with van der Waals surface area (Å²) in [6.07, 6.45) is 6.62. The van der Waals surface area contributed by atoms with Crippen molar-refractivity contribution in [3.8, 4) is 0 Å². The van der Waals surface area contributed by atoms with Crippen molar-refractivity contribution in [3.05, 3.63) is 0 Å². The zero-order valence-corrected chi connectivity index (χ0v) is 14.0. The van der Waals surface area contributed by atoms with Gasteiger partial charge < -0.3 is 10.2 Å². The summed E-state index contributed by atoms with van der Waals surface area (Å²) in [6.45, 7) is 16.8. The van der Waals surface area contributed by atoms with E-state index in [9.17, 15) is 0 Å². The Balaban J connectivity index is 2.33. The van der Waals surface area contributed by atoms with Gasteiger partial charge in [0.25, 0.3) is 0 Å². The van der Waals surface area contributed by atoms with E-state index in [1.165, 1.54) is 58.3 Å². The normalized spacial score (nSPS) is 20.7. The van der Waals surface area contributed by atoms with Crippen LogP contribution in [0.5, 0.6) is 0 Å². The molecule has 0 bridgehead atoms. The Labute approximate surface area is 121 Å². The lowest BCUT2D eigenvalue weighted by Crippen LogP contribution is -2.45. The summed E-state index contributed by atoms with van der Waals surface area (Å²) in [5.41, 5.74) is 0.495. The van der Waals surface area contributed by atoms with Gasteiger partial charge in [0.05, 0.1) is 0 Å². The third-order valence-electron chi connectivity index (χ3n) is 4.61. The number of piperidine rings is 1. The monoisotopic (exact) mass is 268 g/mol. The average molecular weight is 268 g/mol. The van der Waals surface area contributed by atoms with Crippen LogP contribution in [0.15, 0.2) is 0 Å². The fourth-order valence-corrected chi connectivity index (χ4v) is 3.25. The van der Waals surface area contributed by atoms with Gasteiger partial charge >= 0.3 is 0 Å². The molecule has 1 atom stereocenters. The molecule has 1 saturated heterocycles. The van der Waals surface area contributed by atoms with E-state index in [1.807, 2.05) is 0 Å². The van der Waals surface area contributed by atoms with Gasteiger partial charge in [-0.1, -0.05) is 41.0 Å². The molecule has 0 aromatic heterocycles. The first kappa shape index (κ1) is 17.0. The molecule has 0 aromatic carbocycles. The van der Waals surface area contributed by atoms with Gasteiger partial charge in [-0.2, -0.15) is 0 Å². The molecule has 1 fully saturated rings. The lowest BCUT2D eigenvalue weighted by atomic mass is 9.75. The molecule has 1 unspecified atom stereocenters. The minimum Gasteiger partial charge on any atom is -0.313 e. The molecule has 0 aromatic rings. The van der Waals surface area contributed by atoms with E-state index in [0.29, 0.717) is 11.5 Å². The van der Waals surface area contributed by atoms with Crippen molar-refractivity contribution in [1.82, 2.24) is 10.2 Å². The van der Waals surface area contributed by atoms with Crippen LogP contribution >= 0.6 is 0 Å². The molecular weight excluding hydrogens is 232 g/mol. The predicted octanol–water partition coefficient (Wildman–Crippen LogP) is 3.91. The Kier molecular flexibility index (Phi) is 7.38. The molecule has 0 saturated carbocycles. The molecule has 2 nitrogen and oxygen atoms in total. The van der Waals surface area contributed by atoms with E-state index in [0.717, 1.165) is 5.92 Å². The fraction of sp³-hybridized carbons (Fsp3) is 1.00. The van der Waals surface area contributed by atoms with E-state index in [4.69, 9.17) is 0 Å². The summed E-state index contributed by atoms with van der Waals surface area (Å²) >= 11 is 0. The van der Waals surface area contributed by atoms with Crippen LogP contribution in [0.25, 0.3) is 0 Å². The molecule has 0 aliphatic carbocycles. The second kappa shape index (κ2) is 8.26. The van der Waals surface area contributed by atoms with Gasteiger partial charge in [0.15, 0.2) is 0 Å². The van der Waals surface area contributed by atoms with Crippen LogP contribution in [-0.4, -0.2) is 37.1 Å². The number of hydrogen-bond acceptors (Lipinski definition) is 2. The molecule has 1 N–H and O–H groups in total. The van der Waals surface area contributed by atoms with Crippen molar-refractivity contribution < 1.29 is 0 Å². The van der Waals surface area contributed by atoms with Crippen LogP contribution in [0, 0.1) is 11.3 Å². The maximum Gasteiger partial charge on any atom is 0.0194 e. The third-order valence-corrected chi connectivity index (χ3v) is 4.61. The molecule has 1 aliphatic heterocycles. The summed E-state index contributed by atoms with van der Waals surface area (Å²) in [5, 5.41) is 3.72. The number of likely N-dealkylation sites (tertiary alicyclic amines) is 1. The van der Waals surface area contributed by atoms with Crippen LogP contribution in [-0.2, 0) is 0 Å². The van der Waals surface area contributed by atoms with Crippen LogP contribution in [0.3, 0.4) is 0 Å². The summed E-state index contributed by atoms with van der Waals surface area (Å²) < 4.78 is 0. The average Bonchev–Trinajstić information content (AvgIpc) is 2.36. The molecule has 2 heteroatoms. The molecule has 1 heterocycles. The number of rotatable bonds is 7. The fourth-order valence-electron chi connectivity index (χ4n) is 3.25. The van der Waals surface area contributed by atoms with E-state index in [-0.39, 0.29) is 0 Å². The lowest BCUT2D eigenvalue weighted by molar-refractivity contribution is 0.104. The number of nitrogens with zero attached hydrogens (tertiary/aromatic N) is 1. The van der Waals surface area contributed by atoms with Crippen LogP contribution in [0.1, 0.15) is 66.7 Å². The first-order valence-electron chi connectivity index (χ1n) is 8.43. The molecular formula is C17H36N2. The smallest absolute Gasteiger partial charge is 0.0194 e. The lowest BCUT2D eigenvalue weighted by Gasteiger charge is -2.40. The van der Waals surface area contributed by atoms with E-state index >= 15 is 0 Å². The van der Waals surface area contributed by atoms with Crippen molar-refractivity contribution in [3.63, 3.8) is 0 Å². The maximum absolute atomic E-state index is 3.72. The predicted molar refractivity (Wildman–Crippen MR) is 85.6 cm³/mol. The topological polar surface area (TPSA) is 15.3 Å². The summed E-state index contributed by atoms with van der Waals surface area (Å²) in [5.74, 6) is 0.914. The van der Waals surface area contributed by atoms with Crippen LogP contribution < -0.4 is 5.32 Å². The molecule has 19 heavy (non-hydrogen) atoms. The van der Waals surface area contributed by atoms with Gasteiger partial charge in [-0.15, -0.1) is 0 Å². The quantitative estimate of drug-likeness (QED) is 0.753. The highest BCUT2D eigenvalue weighted by molar-refractivity contribution is 4.82. The van der Waals surface area contributed by atoms with Crippen molar-refractivity contribution in [2.75, 3.05) is 26.2 Å². The van der Waals surface area contributed by atoms with Crippen molar-refractivity contribution in [1.29, 1.82) is 0 Å². The second-order valence-corrected chi connectivity index (χ2v) is 7.38. The minimum atomic E-state index is 0.495. The van der Waals surface area contributed by atoms with Gasteiger partial charge in [0.1, 0.15) is 0 Å². The molecule has 0 amide bonds. The third kappa shape index (κ3) is 6.27. The highest BCUT2D eigenvalue weighted by Gasteiger charge is 2.29. The first-order chi connectivity index (χ1) is 8.97. The van der Waals surface area contributed by atoms with Crippen molar-refractivity contribution in [2.45, 2.75) is 72.8 Å². The highest BCUT2D eigenvalue weighted by atomic mass is 15.2. The summed E-state index contributed by atoms with van der Waals surface area (Å²) in [7, 11) is 0. The molecule has 114 valence electrons. The van der Waals surface area contributed by atoms with Gasteiger partial charge in [-0.3, -0.25) is 0 Å². The van der Waals surface area contributed by atoms with E-state index in [1.54, 1.807) is 0 Å². The highest BCUT2D eigenvalue weighted by Crippen LogP contribution is 2.34. The Morgan fingerprint density at radius 1 is 1.11 bits per heavy atom. The van der Waals surface area contributed by atoms with E-state index < -0.39 is 0 Å². The van der Waals surface area contributed by atoms with Gasteiger partial charge in [0.2, 0.25) is 0 Å². The van der Waals surface area contributed by atoms with Gasteiger partial charge in [0, 0.05) is 12.6 Å². The van der Waals surface area contributed by atoms with Gasteiger partial charge in [-0.05, 0) is 56.7 Å². The summed E-state index contributed by atoms with van der Waals surface area (Å²) in [4.78, 5) is 2.69. The van der Waals surface area contributed by atoms with Crippen LogP contribution in [0.2, 0.25) is 0 Å². The molecule has 1 rings (SSSR count). The molecule has 0 spiro atoms. The minimum absolute atomic E-state index is 0.495. The van der Waals surface area contributed by atoms with Crippen LogP contribution in [0.4, 0.5) is 0 Å². The number of hydrogen-bond donors (Lipinski definition) is 1. The van der Waals surface area contributed by atoms with Crippen molar-refractivity contribution >= 4 is 0 Å². The maximum atomic E-state index is 3.72. The molecule has 0 radical (unpaired) electrons. The zero-order chi connectivity index (χ0) is 14.3. The standard InChI is InChI=1S/C17H36N2/c1-6-8-16(18-11-7-2)14-19-12-9-15(10-13-19)17(3,4)5/h15-16,18H,6-14H2,1-5H3. The van der Waals surface area contributed by atoms with Gasteiger partial charge in [-0.25, -0.2) is 0 Å². The zero-order valence-electron chi connectivity index (χ0n) is 14.0. The Morgan fingerprint density at radius 3 is 2.21 bits per heavy atom. The number of nitrogens with one attached hydrogen (secondary N) is 1.